The quantitative estimate of drug-likeness (QED) is 0.675. The Morgan fingerprint density at radius 1 is 1.17 bits per heavy atom. The Morgan fingerprint density at radius 2 is 1.88 bits per heavy atom. The van der Waals surface area contributed by atoms with Crippen LogP contribution >= 0.6 is 11.8 Å². The smallest absolute Gasteiger partial charge is 0.339 e. The molecule has 0 fully saturated rings. The van der Waals surface area contributed by atoms with Crippen molar-refractivity contribution in [1.29, 1.82) is 0 Å². The molecule has 124 valence electrons. The summed E-state index contributed by atoms with van der Waals surface area (Å²) >= 11 is 0.431. The summed E-state index contributed by atoms with van der Waals surface area (Å²) in [6, 6.07) is 13.0. The highest BCUT2D eigenvalue weighted by molar-refractivity contribution is 7.99. The first-order chi connectivity index (χ1) is 11.5. The number of esters is 1. The standard InChI is InChI=1S/C17H13F2NO3S/c18-17(19)24-12-7-5-11(6-8-12)20-15(21)14-9-10-3-1-2-4-13(10)16(22)23-14/h1-8,14,17H,9H2,(H,20,21)/t14-/m1/s1. The van der Waals surface area contributed by atoms with Crippen LogP contribution in [0.15, 0.2) is 53.4 Å². The van der Waals surface area contributed by atoms with Gasteiger partial charge in [-0.15, -0.1) is 0 Å². The minimum Gasteiger partial charge on any atom is -0.448 e. The third-order valence-electron chi connectivity index (χ3n) is 3.53. The number of thioether (sulfide) groups is 1. The Kier molecular flexibility index (Phi) is 4.80. The second-order valence-corrected chi connectivity index (χ2v) is 6.21. The number of cyclic esters (lactones) is 1. The molecule has 24 heavy (non-hydrogen) atoms. The molecule has 2 aromatic carbocycles. The van der Waals surface area contributed by atoms with Crippen LogP contribution in [0.25, 0.3) is 0 Å². The largest absolute Gasteiger partial charge is 0.448 e. The Hall–Kier alpha value is -2.41. The SMILES string of the molecule is O=C1O[C@@H](C(=O)Nc2ccc(SC(F)F)cc2)Cc2ccccc21. The Bertz CT molecular complexity index is 765. The first kappa shape index (κ1) is 16.4. The van der Waals surface area contributed by atoms with Crippen molar-refractivity contribution in [1.82, 2.24) is 0 Å². The summed E-state index contributed by atoms with van der Waals surface area (Å²) in [5, 5.41) is 2.63. The van der Waals surface area contributed by atoms with Gasteiger partial charge in [-0.3, -0.25) is 4.79 Å². The summed E-state index contributed by atoms with van der Waals surface area (Å²) in [4.78, 5) is 24.6. The number of hydrogen-bond acceptors (Lipinski definition) is 4. The number of carbonyl (C=O) groups excluding carboxylic acids is 2. The number of carbonyl (C=O) groups is 2. The molecule has 1 aliphatic rings. The van der Waals surface area contributed by atoms with E-state index in [1.807, 2.05) is 0 Å². The van der Waals surface area contributed by atoms with Crippen LogP contribution in [0.1, 0.15) is 15.9 Å². The van der Waals surface area contributed by atoms with Gasteiger partial charge in [0.25, 0.3) is 11.7 Å². The minimum atomic E-state index is -2.49. The molecule has 1 N–H and O–H groups in total. The van der Waals surface area contributed by atoms with Crippen molar-refractivity contribution in [3.63, 3.8) is 0 Å². The van der Waals surface area contributed by atoms with Crippen LogP contribution in [0, 0.1) is 0 Å². The van der Waals surface area contributed by atoms with Crippen molar-refractivity contribution in [2.45, 2.75) is 23.2 Å². The second kappa shape index (κ2) is 7.00. The van der Waals surface area contributed by atoms with Crippen LogP contribution < -0.4 is 5.32 Å². The Labute approximate surface area is 141 Å². The van der Waals surface area contributed by atoms with Gasteiger partial charge < -0.3 is 10.1 Å². The summed E-state index contributed by atoms with van der Waals surface area (Å²) in [7, 11) is 0. The molecule has 0 radical (unpaired) electrons. The van der Waals surface area contributed by atoms with Crippen molar-refractivity contribution >= 4 is 29.3 Å². The molecular formula is C17H13F2NO3S. The van der Waals surface area contributed by atoms with Crippen LogP contribution in [0.4, 0.5) is 14.5 Å². The summed E-state index contributed by atoms with van der Waals surface area (Å²) < 4.78 is 29.7. The van der Waals surface area contributed by atoms with Gasteiger partial charge in [-0.05, 0) is 35.9 Å². The lowest BCUT2D eigenvalue weighted by Gasteiger charge is -2.23. The van der Waals surface area contributed by atoms with Gasteiger partial charge in [0.2, 0.25) is 0 Å². The average Bonchev–Trinajstić information content (AvgIpc) is 2.56. The third-order valence-corrected chi connectivity index (χ3v) is 4.25. The molecule has 0 aliphatic carbocycles. The van der Waals surface area contributed by atoms with E-state index in [0.29, 0.717) is 34.3 Å². The predicted molar refractivity (Wildman–Crippen MR) is 86.3 cm³/mol. The predicted octanol–water partition coefficient (Wildman–Crippen LogP) is 3.72. The zero-order valence-corrected chi connectivity index (χ0v) is 13.2. The highest BCUT2D eigenvalue weighted by Crippen LogP contribution is 2.26. The summed E-state index contributed by atoms with van der Waals surface area (Å²) in [6.45, 7) is 0. The number of halogens is 2. The normalized spacial score (nSPS) is 16.5. The van der Waals surface area contributed by atoms with E-state index in [0.717, 1.165) is 5.56 Å². The number of alkyl halides is 2. The number of anilines is 1. The molecule has 1 aliphatic heterocycles. The maximum atomic E-state index is 12.3. The zero-order valence-electron chi connectivity index (χ0n) is 12.4. The van der Waals surface area contributed by atoms with E-state index < -0.39 is 23.7 Å². The number of ether oxygens (including phenoxy) is 1. The molecule has 0 spiro atoms. The van der Waals surface area contributed by atoms with E-state index in [-0.39, 0.29) is 0 Å². The fourth-order valence-corrected chi connectivity index (χ4v) is 2.92. The van der Waals surface area contributed by atoms with Gasteiger partial charge in [-0.2, -0.15) is 8.78 Å². The van der Waals surface area contributed by atoms with Gasteiger partial charge in [0.05, 0.1) is 5.56 Å². The van der Waals surface area contributed by atoms with Crippen molar-refractivity contribution in [2.24, 2.45) is 0 Å². The molecule has 1 atom stereocenters. The lowest BCUT2D eigenvalue weighted by atomic mass is 9.98. The molecule has 0 bridgehead atoms. The molecule has 3 rings (SSSR count). The van der Waals surface area contributed by atoms with Crippen LogP contribution in [-0.4, -0.2) is 23.7 Å². The van der Waals surface area contributed by atoms with Gasteiger partial charge in [0, 0.05) is 17.0 Å². The summed E-state index contributed by atoms with van der Waals surface area (Å²) in [5.74, 6) is -3.47. The monoisotopic (exact) mass is 349 g/mol. The maximum absolute atomic E-state index is 12.3. The van der Waals surface area contributed by atoms with Gasteiger partial charge in [-0.1, -0.05) is 30.0 Å². The number of rotatable bonds is 4. The topological polar surface area (TPSA) is 55.4 Å². The zero-order chi connectivity index (χ0) is 17.1. The van der Waals surface area contributed by atoms with E-state index in [1.165, 1.54) is 24.3 Å². The van der Waals surface area contributed by atoms with Crippen LogP contribution in [0.5, 0.6) is 0 Å². The fourth-order valence-electron chi connectivity index (χ4n) is 2.42. The van der Waals surface area contributed by atoms with E-state index in [4.69, 9.17) is 4.74 Å². The lowest BCUT2D eigenvalue weighted by molar-refractivity contribution is -0.125. The number of fused-ring (bicyclic) bond motifs is 1. The lowest BCUT2D eigenvalue weighted by Crippen LogP contribution is -2.37. The molecule has 0 aromatic heterocycles. The molecule has 0 unspecified atom stereocenters. The summed E-state index contributed by atoms with van der Waals surface area (Å²) in [6.07, 6.45) is -0.616. The van der Waals surface area contributed by atoms with Gasteiger partial charge in [0.1, 0.15) is 0 Å². The van der Waals surface area contributed by atoms with Gasteiger partial charge in [-0.25, -0.2) is 4.79 Å². The fraction of sp³-hybridized carbons (Fsp3) is 0.176. The molecule has 2 aromatic rings. The first-order valence-electron chi connectivity index (χ1n) is 7.17. The number of hydrogen-bond donors (Lipinski definition) is 1. The summed E-state index contributed by atoms with van der Waals surface area (Å²) in [5.41, 5.74) is 1.68. The van der Waals surface area contributed by atoms with Crippen molar-refractivity contribution < 1.29 is 23.1 Å². The van der Waals surface area contributed by atoms with Crippen molar-refractivity contribution in [3.05, 3.63) is 59.7 Å². The third kappa shape index (κ3) is 3.73. The maximum Gasteiger partial charge on any atom is 0.339 e. The number of amides is 1. The Morgan fingerprint density at radius 3 is 2.58 bits per heavy atom. The number of benzene rings is 2. The molecule has 1 amide bonds. The van der Waals surface area contributed by atoms with Crippen LogP contribution in [-0.2, 0) is 16.0 Å². The van der Waals surface area contributed by atoms with Gasteiger partial charge >= 0.3 is 5.97 Å². The first-order valence-corrected chi connectivity index (χ1v) is 8.05. The molecule has 0 saturated heterocycles. The molecule has 7 heteroatoms. The van der Waals surface area contributed by atoms with Crippen LogP contribution in [0.3, 0.4) is 0 Å². The molecule has 0 saturated carbocycles. The molecular weight excluding hydrogens is 336 g/mol. The van der Waals surface area contributed by atoms with E-state index in [9.17, 15) is 18.4 Å². The highest BCUT2D eigenvalue weighted by atomic mass is 32.2. The van der Waals surface area contributed by atoms with Crippen LogP contribution in [0.2, 0.25) is 0 Å². The second-order valence-electron chi connectivity index (χ2n) is 5.15. The highest BCUT2D eigenvalue weighted by Gasteiger charge is 2.31. The van der Waals surface area contributed by atoms with E-state index in [2.05, 4.69) is 5.32 Å². The molecule has 4 nitrogen and oxygen atoms in total. The average molecular weight is 349 g/mol. The van der Waals surface area contributed by atoms with E-state index >= 15 is 0 Å². The van der Waals surface area contributed by atoms with Crippen molar-refractivity contribution in [3.8, 4) is 0 Å². The Balaban J connectivity index is 1.66. The minimum absolute atomic E-state index is 0.299. The number of nitrogens with one attached hydrogen (secondary N) is 1. The van der Waals surface area contributed by atoms with Crippen molar-refractivity contribution in [2.75, 3.05) is 5.32 Å². The molecule has 1 heterocycles. The van der Waals surface area contributed by atoms with Gasteiger partial charge in [0.15, 0.2) is 6.10 Å². The van der Waals surface area contributed by atoms with E-state index in [1.54, 1.807) is 24.3 Å².